The van der Waals surface area contributed by atoms with Gasteiger partial charge in [0.15, 0.2) is 0 Å². The number of benzene rings is 2. The van der Waals surface area contributed by atoms with E-state index in [1.54, 1.807) is 6.07 Å². The summed E-state index contributed by atoms with van der Waals surface area (Å²) < 4.78 is 0. The van der Waals surface area contributed by atoms with Crippen LogP contribution in [0.15, 0.2) is 53.3 Å². The molecule has 2 aromatic carbocycles. The minimum absolute atomic E-state index is 0. The second-order valence-corrected chi connectivity index (χ2v) is 8.19. The second-order valence-electron chi connectivity index (χ2n) is 8.19. The second kappa shape index (κ2) is 11.6. The fourth-order valence-electron chi connectivity index (χ4n) is 3.68. The highest BCUT2D eigenvalue weighted by Gasteiger charge is 2.10. The first kappa shape index (κ1) is 24.6. The van der Waals surface area contributed by atoms with E-state index in [4.69, 9.17) is 0 Å². The van der Waals surface area contributed by atoms with Crippen LogP contribution in [0.5, 0.6) is 0 Å². The van der Waals surface area contributed by atoms with Gasteiger partial charge in [-0.15, -0.1) is 12.4 Å². The Balaban J connectivity index is 0.00000341. The summed E-state index contributed by atoms with van der Waals surface area (Å²) in [4.78, 5) is 26.7. The number of unbranched alkanes of at least 4 members (excludes halogenated alkanes) is 1. The Kier molecular flexibility index (Phi) is 9.21. The van der Waals surface area contributed by atoms with E-state index in [0.717, 1.165) is 42.6 Å². The van der Waals surface area contributed by atoms with Crippen LogP contribution in [-0.4, -0.2) is 41.1 Å². The number of hydrogen-bond acceptors (Lipinski definition) is 4. The van der Waals surface area contributed by atoms with Crippen molar-refractivity contribution in [3.05, 3.63) is 58.9 Å². The van der Waals surface area contributed by atoms with Gasteiger partial charge in [-0.2, -0.15) is 5.10 Å². The standard InChI is InChI=1S/C24H30N4O2.ClH/c1-17(2)16-28(3)14-7-6-13-22(29)25-19-10-8-9-18(15-19)23-20-11-4-5-12-21(20)24(30)27-26-23;/h4-5,8-12,15,17H,6-7,13-14,16H2,1-3H3,(H,25,29)(H,27,30);1H. The van der Waals surface area contributed by atoms with Gasteiger partial charge < -0.3 is 10.2 Å². The Hall–Kier alpha value is -2.70. The number of carbonyl (C=O) groups is 1. The van der Waals surface area contributed by atoms with E-state index in [0.29, 0.717) is 23.4 Å². The predicted octanol–water partition coefficient (Wildman–Crippen LogP) is 4.71. The van der Waals surface area contributed by atoms with E-state index in [1.807, 2.05) is 42.5 Å². The van der Waals surface area contributed by atoms with Crippen LogP contribution in [0.25, 0.3) is 22.0 Å². The topological polar surface area (TPSA) is 78.1 Å². The molecule has 1 heterocycles. The first-order valence-electron chi connectivity index (χ1n) is 10.5. The molecule has 2 N–H and O–H groups in total. The van der Waals surface area contributed by atoms with Gasteiger partial charge in [0.25, 0.3) is 5.56 Å². The SMILES string of the molecule is CC(C)CN(C)CCCCC(=O)Nc1cccc(-c2n[nH]c(=O)c3ccccc23)c1.Cl. The summed E-state index contributed by atoms with van der Waals surface area (Å²) in [5.41, 5.74) is 2.05. The number of aromatic amines is 1. The van der Waals surface area contributed by atoms with Gasteiger partial charge >= 0.3 is 0 Å². The summed E-state index contributed by atoms with van der Waals surface area (Å²) in [6.07, 6.45) is 2.36. The van der Waals surface area contributed by atoms with Crippen molar-refractivity contribution in [2.45, 2.75) is 33.1 Å². The first-order chi connectivity index (χ1) is 14.4. The molecule has 1 aromatic heterocycles. The average molecular weight is 443 g/mol. The molecule has 7 heteroatoms. The summed E-state index contributed by atoms with van der Waals surface area (Å²) in [5.74, 6) is 0.664. The van der Waals surface area contributed by atoms with E-state index >= 15 is 0 Å². The van der Waals surface area contributed by atoms with Crippen molar-refractivity contribution in [2.24, 2.45) is 5.92 Å². The molecule has 0 aliphatic rings. The predicted molar refractivity (Wildman–Crippen MR) is 130 cm³/mol. The van der Waals surface area contributed by atoms with Crippen molar-refractivity contribution >= 4 is 34.8 Å². The molecule has 31 heavy (non-hydrogen) atoms. The Labute approximate surface area is 189 Å². The third kappa shape index (κ3) is 6.91. The summed E-state index contributed by atoms with van der Waals surface area (Å²) in [6, 6.07) is 14.9. The van der Waals surface area contributed by atoms with Gasteiger partial charge in [-0.1, -0.05) is 44.2 Å². The molecule has 0 saturated heterocycles. The number of carbonyl (C=O) groups excluding carboxylic acids is 1. The van der Waals surface area contributed by atoms with E-state index in [2.05, 4.69) is 41.3 Å². The molecule has 0 radical (unpaired) electrons. The van der Waals surface area contributed by atoms with Crippen LogP contribution in [0.3, 0.4) is 0 Å². The van der Waals surface area contributed by atoms with Crippen LogP contribution in [0.2, 0.25) is 0 Å². The van der Waals surface area contributed by atoms with Crippen molar-refractivity contribution in [1.82, 2.24) is 15.1 Å². The minimum atomic E-state index is -0.210. The van der Waals surface area contributed by atoms with Crippen LogP contribution in [-0.2, 0) is 4.79 Å². The lowest BCUT2D eigenvalue weighted by Crippen LogP contribution is -2.24. The van der Waals surface area contributed by atoms with E-state index in [-0.39, 0.29) is 23.9 Å². The number of rotatable bonds is 9. The Morgan fingerprint density at radius 2 is 1.84 bits per heavy atom. The molecule has 0 aliphatic heterocycles. The number of nitrogens with zero attached hydrogens (tertiary/aromatic N) is 2. The molecule has 0 spiro atoms. The molecule has 3 rings (SSSR count). The normalized spacial score (nSPS) is 11.0. The maximum Gasteiger partial charge on any atom is 0.272 e. The summed E-state index contributed by atoms with van der Waals surface area (Å²) in [6.45, 7) is 6.51. The third-order valence-corrected chi connectivity index (χ3v) is 4.99. The van der Waals surface area contributed by atoms with Gasteiger partial charge in [0.2, 0.25) is 5.91 Å². The number of hydrogen-bond donors (Lipinski definition) is 2. The maximum absolute atomic E-state index is 12.4. The molecule has 0 fully saturated rings. The van der Waals surface area contributed by atoms with Crippen molar-refractivity contribution < 1.29 is 4.79 Å². The molecule has 166 valence electrons. The first-order valence-corrected chi connectivity index (χ1v) is 10.5. The maximum atomic E-state index is 12.4. The molecule has 0 aliphatic carbocycles. The Bertz CT molecular complexity index is 1060. The van der Waals surface area contributed by atoms with Crippen LogP contribution < -0.4 is 10.9 Å². The highest BCUT2D eigenvalue weighted by Crippen LogP contribution is 2.26. The van der Waals surface area contributed by atoms with Gasteiger partial charge in [0, 0.05) is 29.6 Å². The molecule has 0 saturated carbocycles. The quantitative estimate of drug-likeness (QED) is 0.470. The number of anilines is 1. The lowest BCUT2D eigenvalue weighted by Gasteiger charge is -2.18. The zero-order valence-electron chi connectivity index (χ0n) is 18.4. The van der Waals surface area contributed by atoms with Crippen LogP contribution in [0.1, 0.15) is 33.1 Å². The fraction of sp³-hybridized carbons (Fsp3) is 0.375. The van der Waals surface area contributed by atoms with Crippen LogP contribution >= 0.6 is 12.4 Å². The van der Waals surface area contributed by atoms with Gasteiger partial charge in [-0.05, 0) is 50.6 Å². The highest BCUT2D eigenvalue weighted by atomic mass is 35.5. The monoisotopic (exact) mass is 442 g/mol. The number of halogens is 1. The van der Waals surface area contributed by atoms with Crippen molar-refractivity contribution in [2.75, 3.05) is 25.5 Å². The Morgan fingerprint density at radius 3 is 2.58 bits per heavy atom. The molecule has 3 aromatic rings. The molecule has 0 atom stereocenters. The minimum Gasteiger partial charge on any atom is -0.326 e. The van der Waals surface area contributed by atoms with E-state index in [1.165, 1.54) is 0 Å². The van der Waals surface area contributed by atoms with Gasteiger partial charge in [-0.3, -0.25) is 9.59 Å². The van der Waals surface area contributed by atoms with Gasteiger partial charge in [-0.25, -0.2) is 5.10 Å². The largest absolute Gasteiger partial charge is 0.326 e. The van der Waals surface area contributed by atoms with Crippen LogP contribution in [0.4, 0.5) is 5.69 Å². The number of aromatic nitrogens is 2. The molecular formula is C24H31ClN4O2. The molecule has 6 nitrogen and oxygen atoms in total. The summed E-state index contributed by atoms with van der Waals surface area (Å²) in [5, 5.41) is 11.2. The van der Waals surface area contributed by atoms with Crippen molar-refractivity contribution in [1.29, 1.82) is 0 Å². The number of amides is 1. The lowest BCUT2D eigenvalue weighted by molar-refractivity contribution is -0.116. The summed E-state index contributed by atoms with van der Waals surface area (Å²) in [7, 11) is 2.13. The van der Waals surface area contributed by atoms with Crippen molar-refractivity contribution in [3.8, 4) is 11.3 Å². The zero-order chi connectivity index (χ0) is 21.5. The highest BCUT2D eigenvalue weighted by molar-refractivity contribution is 5.95. The average Bonchev–Trinajstić information content (AvgIpc) is 2.71. The molecule has 0 unspecified atom stereocenters. The van der Waals surface area contributed by atoms with Gasteiger partial charge in [0.05, 0.1) is 11.1 Å². The van der Waals surface area contributed by atoms with Crippen molar-refractivity contribution in [3.63, 3.8) is 0 Å². The Morgan fingerprint density at radius 1 is 1.10 bits per heavy atom. The number of H-pyrrole nitrogens is 1. The lowest BCUT2D eigenvalue weighted by atomic mass is 10.0. The number of nitrogens with one attached hydrogen (secondary N) is 2. The third-order valence-electron chi connectivity index (χ3n) is 4.99. The molecule has 0 bridgehead atoms. The molecular weight excluding hydrogens is 412 g/mol. The molecule has 1 amide bonds. The van der Waals surface area contributed by atoms with E-state index in [9.17, 15) is 9.59 Å². The fourth-order valence-corrected chi connectivity index (χ4v) is 3.68. The van der Waals surface area contributed by atoms with E-state index < -0.39 is 0 Å². The zero-order valence-corrected chi connectivity index (χ0v) is 19.2. The summed E-state index contributed by atoms with van der Waals surface area (Å²) >= 11 is 0. The number of fused-ring (bicyclic) bond motifs is 1. The van der Waals surface area contributed by atoms with Gasteiger partial charge in [0.1, 0.15) is 0 Å². The smallest absolute Gasteiger partial charge is 0.272 e. The van der Waals surface area contributed by atoms with Crippen LogP contribution in [0, 0.1) is 5.92 Å².